The maximum absolute atomic E-state index is 12.3. The lowest BCUT2D eigenvalue weighted by molar-refractivity contribution is -0.150. The van der Waals surface area contributed by atoms with Crippen molar-refractivity contribution in [2.45, 2.75) is 43.7 Å². The summed E-state index contributed by atoms with van der Waals surface area (Å²) in [7, 11) is 1.45. The van der Waals surface area contributed by atoms with Crippen LogP contribution in [0.2, 0.25) is 0 Å². The Morgan fingerprint density at radius 1 is 1.40 bits per heavy atom. The highest BCUT2D eigenvalue weighted by molar-refractivity contribution is 5.81. The molecule has 0 spiro atoms. The first-order valence-electron chi connectivity index (χ1n) is 8.81. The molecule has 1 amide bonds. The van der Waals surface area contributed by atoms with Crippen LogP contribution in [0.3, 0.4) is 0 Å². The highest BCUT2D eigenvalue weighted by Crippen LogP contribution is 2.44. The van der Waals surface area contributed by atoms with Gasteiger partial charge in [-0.25, -0.2) is 0 Å². The zero-order valence-electron chi connectivity index (χ0n) is 14.5. The molecule has 3 rings (SSSR count). The average molecular weight is 340 g/mol. The van der Waals surface area contributed by atoms with Crippen LogP contribution in [0.5, 0.6) is 0 Å². The Kier molecular flexibility index (Phi) is 5.52. The van der Waals surface area contributed by atoms with Gasteiger partial charge < -0.3 is 14.7 Å². The number of aliphatic hydroxyl groups is 1. The van der Waals surface area contributed by atoms with Crippen molar-refractivity contribution in [3.05, 3.63) is 41.5 Å². The number of rotatable bonds is 5. The molecule has 2 aliphatic rings. The highest BCUT2D eigenvalue weighted by atomic mass is 16.5. The number of ether oxygens (including phenoxy) is 1. The Morgan fingerprint density at radius 3 is 2.84 bits per heavy atom. The summed E-state index contributed by atoms with van der Waals surface area (Å²) in [5.41, 5.74) is 3.53. The van der Waals surface area contributed by atoms with Gasteiger partial charge in [-0.2, -0.15) is 5.26 Å². The van der Waals surface area contributed by atoms with E-state index < -0.39 is 6.04 Å². The van der Waals surface area contributed by atoms with E-state index in [0.29, 0.717) is 0 Å². The van der Waals surface area contributed by atoms with Gasteiger partial charge in [0.1, 0.15) is 12.6 Å². The Morgan fingerprint density at radius 2 is 2.20 bits per heavy atom. The first-order valence-corrected chi connectivity index (χ1v) is 8.81. The van der Waals surface area contributed by atoms with Gasteiger partial charge >= 0.3 is 0 Å². The van der Waals surface area contributed by atoms with E-state index in [9.17, 15) is 15.2 Å². The molecule has 5 heteroatoms. The molecule has 3 atom stereocenters. The van der Waals surface area contributed by atoms with Crippen molar-refractivity contribution < 1.29 is 14.6 Å². The third-order valence-electron chi connectivity index (χ3n) is 5.24. The van der Waals surface area contributed by atoms with Crippen LogP contribution in [-0.4, -0.2) is 48.3 Å². The molecule has 1 saturated heterocycles. The minimum atomic E-state index is -0.565. The van der Waals surface area contributed by atoms with E-state index in [2.05, 4.69) is 18.2 Å². The molecule has 1 aliphatic heterocycles. The zero-order chi connectivity index (χ0) is 17.8. The maximum Gasteiger partial charge on any atom is 0.249 e. The van der Waals surface area contributed by atoms with Gasteiger partial charge in [-0.3, -0.25) is 4.79 Å². The third kappa shape index (κ3) is 3.20. The minimum absolute atomic E-state index is 0.0752. The molecule has 132 valence electrons. The predicted octanol–water partition coefficient (Wildman–Crippen LogP) is 2.47. The summed E-state index contributed by atoms with van der Waals surface area (Å²) in [5.74, 6) is -0.423. The van der Waals surface area contributed by atoms with E-state index in [1.165, 1.54) is 30.4 Å². The normalized spacial score (nSPS) is 25.7. The van der Waals surface area contributed by atoms with Gasteiger partial charge in [0, 0.05) is 13.0 Å². The van der Waals surface area contributed by atoms with Crippen molar-refractivity contribution in [2.24, 2.45) is 0 Å². The number of carbonyl (C=O) groups is 1. The Hall–Kier alpha value is -2.16. The van der Waals surface area contributed by atoms with Crippen LogP contribution in [0.15, 0.2) is 30.3 Å². The van der Waals surface area contributed by atoms with Crippen molar-refractivity contribution in [2.75, 3.05) is 20.3 Å². The summed E-state index contributed by atoms with van der Waals surface area (Å²) < 4.78 is 4.91. The molecule has 0 bridgehead atoms. The number of nitriles is 1. The van der Waals surface area contributed by atoms with Crippen LogP contribution in [-0.2, 0) is 9.53 Å². The summed E-state index contributed by atoms with van der Waals surface area (Å²) in [5, 5.41) is 19.5. The molecule has 1 N–H and O–H groups in total. The van der Waals surface area contributed by atoms with Crippen LogP contribution in [0.25, 0.3) is 5.57 Å². The fourth-order valence-electron chi connectivity index (χ4n) is 4.08. The number of nitrogens with zero attached hydrogens (tertiary/aromatic N) is 2. The first kappa shape index (κ1) is 17.7. The SMILES string of the molecule is COCC(=O)N1[C@@H](C#N)[C@@H](c2ccccc2C2=CCCCC2)[C@@H]1CO. The third-order valence-corrected chi connectivity index (χ3v) is 5.24. The summed E-state index contributed by atoms with van der Waals surface area (Å²) in [6.07, 6.45) is 6.79. The number of hydrogen-bond acceptors (Lipinski definition) is 4. The summed E-state index contributed by atoms with van der Waals surface area (Å²) in [4.78, 5) is 13.7. The second kappa shape index (κ2) is 7.81. The molecule has 1 aromatic carbocycles. The van der Waals surface area contributed by atoms with E-state index in [4.69, 9.17) is 4.74 Å². The molecule has 0 saturated carbocycles. The highest BCUT2D eigenvalue weighted by Gasteiger charge is 2.52. The topological polar surface area (TPSA) is 73.6 Å². The minimum Gasteiger partial charge on any atom is -0.394 e. The molecule has 5 nitrogen and oxygen atoms in total. The molecular weight excluding hydrogens is 316 g/mol. The zero-order valence-corrected chi connectivity index (χ0v) is 14.5. The van der Waals surface area contributed by atoms with E-state index >= 15 is 0 Å². The van der Waals surface area contributed by atoms with Gasteiger partial charge in [0.2, 0.25) is 5.91 Å². The van der Waals surface area contributed by atoms with Crippen LogP contribution in [0.4, 0.5) is 0 Å². The molecule has 0 unspecified atom stereocenters. The van der Waals surface area contributed by atoms with Crippen LogP contribution in [0.1, 0.15) is 42.7 Å². The van der Waals surface area contributed by atoms with Crippen molar-refractivity contribution in [3.8, 4) is 6.07 Å². The van der Waals surface area contributed by atoms with E-state index in [1.807, 2.05) is 18.2 Å². The van der Waals surface area contributed by atoms with Crippen LogP contribution in [0, 0.1) is 11.3 Å². The fraction of sp³-hybridized carbons (Fsp3) is 0.500. The number of amides is 1. The van der Waals surface area contributed by atoms with Gasteiger partial charge in [-0.05, 0) is 42.4 Å². The molecule has 1 heterocycles. The Bertz CT molecular complexity index is 707. The lowest BCUT2D eigenvalue weighted by atomic mass is 9.72. The van der Waals surface area contributed by atoms with Gasteiger partial charge in [-0.15, -0.1) is 0 Å². The van der Waals surface area contributed by atoms with E-state index in [0.717, 1.165) is 24.0 Å². The van der Waals surface area contributed by atoms with Gasteiger partial charge in [-0.1, -0.05) is 30.3 Å². The standard InChI is InChI=1S/C20H24N2O3/c1-25-13-19(24)22-17(11-21)20(18(22)12-23)16-10-6-5-9-15(16)14-7-3-2-4-8-14/h5-7,9-10,17-18,20,23H,2-4,8,12-13H2,1H3/t17-,18-,20+/m0/s1. The fourth-order valence-corrected chi connectivity index (χ4v) is 4.08. The molecule has 1 aromatic rings. The summed E-state index contributed by atoms with van der Waals surface area (Å²) in [6, 6.07) is 9.40. The van der Waals surface area contributed by atoms with Gasteiger partial charge in [0.05, 0.1) is 18.7 Å². The lowest BCUT2D eigenvalue weighted by Gasteiger charge is -2.52. The maximum atomic E-state index is 12.3. The van der Waals surface area contributed by atoms with Crippen molar-refractivity contribution in [1.29, 1.82) is 5.26 Å². The predicted molar refractivity (Wildman–Crippen MR) is 94.6 cm³/mol. The molecular formula is C20H24N2O3. The van der Waals surface area contributed by atoms with Crippen molar-refractivity contribution in [3.63, 3.8) is 0 Å². The molecule has 25 heavy (non-hydrogen) atoms. The smallest absolute Gasteiger partial charge is 0.249 e. The number of allylic oxidation sites excluding steroid dienone is 2. The summed E-state index contributed by atoms with van der Waals surface area (Å²) >= 11 is 0. The quantitative estimate of drug-likeness (QED) is 0.894. The second-order valence-electron chi connectivity index (χ2n) is 6.65. The molecule has 1 fully saturated rings. The average Bonchev–Trinajstić information content (AvgIpc) is 2.63. The number of carbonyl (C=O) groups excluding carboxylic acids is 1. The van der Waals surface area contributed by atoms with Gasteiger partial charge in [0.25, 0.3) is 0 Å². The monoisotopic (exact) mass is 340 g/mol. The number of methoxy groups -OCH3 is 1. The molecule has 0 radical (unpaired) electrons. The molecule has 1 aliphatic carbocycles. The number of likely N-dealkylation sites (tertiary alicyclic amines) is 1. The van der Waals surface area contributed by atoms with Gasteiger partial charge in [0.15, 0.2) is 0 Å². The molecule has 0 aromatic heterocycles. The van der Waals surface area contributed by atoms with Crippen LogP contribution >= 0.6 is 0 Å². The van der Waals surface area contributed by atoms with Crippen molar-refractivity contribution >= 4 is 11.5 Å². The van der Waals surface area contributed by atoms with E-state index in [-0.39, 0.29) is 31.1 Å². The number of benzene rings is 1. The lowest BCUT2D eigenvalue weighted by Crippen LogP contribution is -2.66. The van der Waals surface area contributed by atoms with E-state index in [1.54, 1.807) is 0 Å². The summed E-state index contributed by atoms with van der Waals surface area (Å²) in [6.45, 7) is -0.236. The number of hydrogen-bond donors (Lipinski definition) is 1. The Balaban J connectivity index is 1.95. The second-order valence-corrected chi connectivity index (χ2v) is 6.65. The number of aliphatic hydroxyl groups excluding tert-OH is 1. The Labute approximate surface area is 148 Å². The largest absolute Gasteiger partial charge is 0.394 e. The van der Waals surface area contributed by atoms with Crippen molar-refractivity contribution in [1.82, 2.24) is 4.90 Å². The van der Waals surface area contributed by atoms with Crippen LogP contribution < -0.4 is 0 Å². The first-order chi connectivity index (χ1) is 12.2.